The number of esters is 1. The van der Waals surface area contributed by atoms with Crippen LogP contribution in [0, 0.1) is 19.8 Å². The molecule has 0 radical (unpaired) electrons. The highest BCUT2D eigenvalue weighted by Gasteiger charge is 2.35. The van der Waals surface area contributed by atoms with Gasteiger partial charge in [0.25, 0.3) is 0 Å². The fourth-order valence-corrected chi connectivity index (χ4v) is 3.66. The maximum Gasteiger partial charge on any atom is 0.316 e. The summed E-state index contributed by atoms with van der Waals surface area (Å²) >= 11 is 0. The lowest BCUT2D eigenvalue weighted by molar-refractivity contribution is -0.139. The van der Waals surface area contributed by atoms with E-state index in [4.69, 9.17) is 4.74 Å². The van der Waals surface area contributed by atoms with Gasteiger partial charge < -0.3 is 9.64 Å². The van der Waals surface area contributed by atoms with Gasteiger partial charge in [0, 0.05) is 19.5 Å². The third kappa shape index (κ3) is 4.60. The van der Waals surface area contributed by atoms with Gasteiger partial charge in [0.15, 0.2) is 0 Å². The fraction of sp³-hybridized carbons (Fsp3) is 0.231. The normalized spacial score (nSPS) is 16.0. The maximum atomic E-state index is 12.6. The Morgan fingerprint density at radius 2 is 1.40 bits per heavy atom. The van der Waals surface area contributed by atoms with Gasteiger partial charge in [-0.05, 0) is 42.7 Å². The summed E-state index contributed by atoms with van der Waals surface area (Å²) in [6.45, 7) is 5.01. The number of carbonyl (C=O) groups is 2. The molecule has 30 heavy (non-hydrogen) atoms. The number of hydrogen-bond acceptors (Lipinski definition) is 3. The van der Waals surface area contributed by atoms with Crippen molar-refractivity contribution in [1.29, 1.82) is 0 Å². The van der Waals surface area contributed by atoms with Crippen LogP contribution in [0.15, 0.2) is 72.8 Å². The third-order valence-corrected chi connectivity index (χ3v) is 5.50. The second kappa shape index (κ2) is 8.54. The van der Waals surface area contributed by atoms with Gasteiger partial charge in [0.05, 0.1) is 5.92 Å². The lowest BCUT2D eigenvalue weighted by Gasteiger charge is -2.16. The molecule has 1 aliphatic rings. The van der Waals surface area contributed by atoms with E-state index < -0.39 is 5.92 Å². The van der Waals surface area contributed by atoms with Crippen LogP contribution in [0.25, 0.3) is 11.1 Å². The minimum absolute atomic E-state index is 0.00718. The smallest absolute Gasteiger partial charge is 0.316 e. The van der Waals surface area contributed by atoms with Crippen LogP contribution in [0.1, 0.15) is 23.1 Å². The third-order valence-electron chi connectivity index (χ3n) is 5.50. The number of aryl methyl sites for hydroxylation is 2. The Morgan fingerprint density at radius 3 is 2.00 bits per heavy atom. The first-order valence-electron chi connectivity index (χ1n) is 10.2. The summed E-state index contributed by atoms with van der Waals surface area (Å²) in [6.07, 6.45) is 0.201. The average Bonchev–Trinajstić information content (AvgIpc) is 3.11. The van der Waals surface area contributed by atoms with Crippen LogP contribution in [-0.2, 0) is 16.1 Å². The van der Waals surface area contributed by atoms with Gasteiger partial charge in [-0.1, -0.05) is 71.8 Å². The van der Waals surface area contributed by atoms with E-state index in [0.29, 0.717) is 18.8 Å². The lowest BCUT2D eigenvalue weighted by Crippen LogP contribution is -2.27. The van der Waals surface area contributed by atoms with Crippen molar-refractivity contribution in [2.24, 2.45) is 5.92 Å². The summed E-state index contributed by atoms with van der Waals surface area (Å²) in [7, 11) is 0. The first-order valence-corrected chi connectivity index (χ1v) is 10.2. The maximum absolute atomic E-state index is 12.6. The van der Waals surface area contributed by atoms with Crippen molar-refractivity contribution in [2.75, 3.05) is 6.54 Å². The summed E-state index contributed by atoms with van der Waals surface area (Å²) < 4.78 is 5.55. The largest absolute Gasteiger partial charge is 0.426 e. The Morgan fingerprint density at radius 1 is 0.867 bits per heavy atom. The van der Waals surface area contributed by atoms with E-state index in [1.165, 1.54) is 11.1 Å². The second-order valence-electron chi connectivity index (χ2n) is 7.97. The van der Waals surface area contributed by atoms with Crippen molar-refractivity contribution < 1.29 is 14.3 Å². The van der Waals surface area contributed by atoms with Crippen LogP contribution >= 0.6 is 0 Å². The number of amides is 1. The zero-order valence-corrected chi connectivity index (χ0v) is 17.3. The number of ether oxygens (including phenoxy) is 1. The van der Waals surface area contributed by atoms with Crippen LogP contribution in [0.2, 0.25) is 0 Å². The Bertz CT molecular complexity index is 1040. The SMILES string of the molecule is Cc1ccc(CN2C[C@H](C(=O)Oc3ccc(-c4ccc(C)cc4)cc3)CC2=O)cc1. The molecule has 4 rings (SSSR count). The highest BCUT2D eigenvalue weighted by atomic mass is 16.5. The molecule has 0 aromatic heterocycles. The first-order chi connectivity index (χ1) is 14.5. The lowest BCUT2D eigenvalue weighted by atomic mass is 10.0. The fourth-order valence-electron chi connectivity index (χ4n) is 3.66. The number of rotatable bonds is 5. The van der Waals surface area contributed by atoms with Gasteiger partial charge in [-0.15, -0.1) is 0 Å². The Hall–Kier alpha value is -3.40. The molecule has 0 unspecified atom stereocenters. The monoisotopic (exact) mass is 399 g/mol. The van der Waals surface area contributed by atoms with Gasteiger partial charge in [-0.2, -0.15) is 0 Å². The summed E-state index contributed by atoms with van der Waals surface area (Å²) in [5.41, 5.74) is 5.64. The molecule has 1 aliphatic heterocycles. The summed E-state index contributed by atoms with van der Waals surface area (Å²) in [4.78, 5) is 26.7. The number of nitrogens with zero attached hydrogens (tertiary/aromatic N) is 1. The van der Waals surface area contributed by atoms with Crippen LogP contribution in [0.3, 0.4) is 0 Å². The topological polar surface area (TPSA) is 46.6 Å². The van der Waals surface area contributed by atoms with E-state index in [0.717, 1.165) is 16.7 Å². The van der Waals surface area contributed by atoms with Crippen LogP contribution < -0.4 is 4.74 Å². The van der Waals surface area contributed by atoms with E-state index in [1.54, 1.807) is 17.0 Å². The van der Waals surface area contributed by atoms with Gasteiger partial charge >= 0.3 is 5.97 Å². The highest BCUT2D eigenvalue weighted by Crippen LogP contribution is 2.25. The Labute approximate surface area is 177 Å². The predicted molar refractivity (Wildman–Crippen MR) is 117 cm³/mol. The molecule has 1 fully saturated rings. The van der Waals surface area contributed by atoms with Gasteiger partial charge in [-0.25, -0.2) is 0 Å². The molecule has 1 saturated heterocycles. The molecule has 3 aromatic rings. The second-order valence-corrected chi connectivity index (χ2v) is 7.97. The molecule has 0 N–H and O–H groups in total. The molecule has 1 amide bonds. The zero-order valence-electron chi connectivity index (χ0n) is 17.3. The number of benzene rings is 3. The molecule has 0 bridgehead atoms. The molecular weight excluding hydrogens is 374 g/mol. The van der Waals surface area contributed by atoms with Crippen molar-refractivity contribution in [3.63, 3.8) is 0 Å². The molecule has 0 saturated carbocycles. The molecule has 3 aromatic carbocycles. The highest BCUT2D eigenvalue weighted by molar-refractivity contribution is 5.87. The zero-order chi connectivity index (χ0) is 21.1. The minimum Gasteiger partial charge on any atom is -0.426 e. The molecule has 152 valence electrons. The van der Waals surface area contributed by atoms with Crippen LogP contribution in [0.5, 0.6) is 5.75 Å². The van der Waals surface area contributed by atoms with Crippen LogP contribution in [0.4, 0.5) is 0 Å². The van der Waals surface area contributed by atoms with E-state index in [-0.39, 0.29) is 18.3 Å². The Balaban J connectivity index is 1.36. The number of hydrogen-bond donors (Lipinski definition) is 0. The summed E-state index contributed by atoms with van der Waals surface area (Å²) in [5.74, 6) is -0.287. The van der Waals surface area contributed by atoms with Crippen molar-refractivity contribution in [1.82, 2.24) is 4.90 Å². The molecule has 1 atom stereocenters. The molecular formula is C26H25NO3. The number of likely N-dealkylation sites (tertiary alicyclic amines) is 1. The Kier molecular flexibility index (Phi) is 5.66. The summed E-state index contributed by atoms with van der Waals surface area (Å²) in [6, 6.07) is 23.9. The van der Waals surface area contributed by atoms with Crippen molar-refractivity contribution in [2.45, 2.75) is 26.8 Å². The summed E-state index contributed by atoms with van der Waals surface area (Å²) in [5, 5.41) is 0. The molecule has 4 nitrogen and oxygen atoms in total. The van der Waals surface area contributed by atoms with Gasteiger partial charge in [0.2, 0.25) is 5.91 Å². The molecule has 4 heteroatoms. The van der Waals surface area contributed by atoms with E-state index in [2.05, 4.69) is 31.2 Å². The van der Waals surface area contributed by atoms with E-state index in [9.17, 15) is 9.59 Å². The van der Waals surface area contributed by atoms with Crippen molar-refractivity contribution >= 4 is 11.9 Å². The minimum atomic E-state index is -0.431. The van der Waals surface area contributed by atoms with E-state index in [1.807, 2.05) is 43.3 Å². The van der Waals surface area contributed by atoms with Crippen molar-refractivity contribution in [3.05, 3.63) is 89.5 Å². The van der Waals surface area contributed by atoms with Gasteiger partial charge in [-0.3, -0.25) is 9.59 Å². The van der Waals surface area contributed by atoms with Crippen LogP contribution in [-0.4, -0.2) is 23.3 Å². The standard InChI is InChI=1S/C26H25NO3/c1-18-3-7-20(8-4-18)16-27-17-23(15-25(27)28)26(29)30-24-13-11-22(12-14-24)21-9-5-19(2)6-10-21/h3-14,23H,15-17H2,1-2H3/t23-/m1/s1. The number of carbonyl (C=O) groups excluding carboxylic acids is 2. The molecule has 0 spiro atoms. The first kappa shape index (κ1) is 19.9. The quantitative estimate of drug-likeness (QED) is 0.452. The van der Waals surface area contributed by atoms with Gasteiger partial charge in [0.1, 0.15) is 5.75 Å². The predicted octanol–water partition coefficient (Wildman–Crippen LogP) is 4.92. The average molecular weight is 399 g/mol. The molecule has 0 aliphatic carbocycles. The molecule has 1 heterocycles. The van der Waals surface area contributed by atoms with E-state index >= 15 is 0 Å². The van der Waals surface area contributed by atoms with Crippen molar-refractivity contribution in [3.8, 4) is 16.9 Å².